The number of halogens is 1. The van der Waals surface area contributed by atoms with Gasteiger partial charge in [0, 0.05) is 17.7 Å². The van der Waals surface area contributed by atoms with Gasteiger partial charge in [-0.05, 0) is 30.7 Å². The number of hydrogen-bond donors (Lipinski definition) is 2. The van der Waals surface area contributed by atoms with Gasteiger partial charge in [0.2, 0.25) is 0 Å². The van der Waals surface area contributed by atoms with Crippen LogP contribution in [-0.2, 0) is 17.1 Å². The average Bonchev–Trinajstić information content (AvgIpc) is 2.56. The zero-order chi connectivity index (χ0) is 14.2. The largest absolute Gasteiger partial charge is 0.381 e. The maximum absolute atomic E-state index is 12.2. The van der Waals surface area contributed by atoms with E-state index in [-0.39, 0.29) is 10.7 Å². The van der Waals surface area contributed by atoms with Crippen LogP contribution >= 0.6 is 15.9 Å². The monoisotopic (exact) mass is 344 g/mol. The first-order valence-corrected chi connectivity index (χ1v) is 7.65. The smallest absolute Gasteiger partial charge is 0.267 e. The van der Waals surface area contributed by atoms with E-state index in [2.05, 4.69) is 25.8 Å². The molecule has 0 saturated heterocycles. The molecule has 0 aliphatic carbocycles. The van der Waals surface area contributed by atoms with Gasteiger partial charge < -0.3 is 5.73 Å². The maximum Gasteiger partial charge on any atom is 0.267 e. The number of hydrogen-bond acceptors (Lipinski definition) is 4. The lowest BCUT2D eigenvalue weighted by molar-refractivity contribution is 0.601. The second-order valence-electron chi connectivity index (χ2n) is 4.18. The van der Waals surface area contributed by atoms with E-state index in [9.17, 15) is 8.42 Å². The first-order valence-electron chi connectivity index (χ1n) is 5.37. The first kappa shape index (κ1) is 13.9. The molecule has 0 unspecified atom stereocenters. The average molecular weight is 345 g/mol. The molecule has 19 heavy (non-hydrogen) atoms. The number of nitrogens with two attached hydrogens (primary N) is 1. The van der Waals surface area contributed by atoms with Crippen LogP contribution in [0.25, 0.3) is 0 Å². The zero-order valence-corrected chi connectivity index (χ0v) is 12.8. The van der Waals surface area contributed by atoms with Crippen molar-refractivity contribution in [3.05, 3.63) is 34.4 Å². The van der Waals surface area contributed by atoms with Gasteiger partial charge in [-0.2, -0.15) is 5.10 Å². The molecule has 1 heterocycles. The second-order valence-corrected chi connectivity index (χ2v) is 6.74. The van der Waals surface area contributed by atoms with E-state index in [1.807, 2.05) is 13.0 Å². The molecular weight excluding hydrogens is 332 g/mol. The fourth-order valence-corrected chi connectivity index (χ4v) is 3.45. The Balaban J connectivity index is 2.39. The molecule has 3 N–H and O–H groups in total. The molecule has 1 aromatic heterocycles. The van der Waals surface area contributed by atoms with Gasteiger partial charge in [-0.15, -0.1) is 0 Å². The van der Waals surface area contributed by atoms with Crippen LogP contribution in [0.3, 0.4) is 0 Å². The molecule has 0 atom stereocenters. The highest BCUT2D eigenvalue weighted by molar-refractivity contribution is 9.10. The van der Waals surface area contributed by atoms with Crippen LogP contribution in [-0.4, -0.2) is 18.2 Å². The molecule has 0 bridgehead atoms. The second kappa shape index (κ2) is 4.86. The molecule has 0 saturated carbocycles. The quantitative estimate of drug-likeness (QED) is 0.889. The molecule has 0 amide bonds. The fraction of sp³-hybridized carbons (Fsp3) is 0.182. The minimum absolute atomic E-state index is 0.0262. The number of aryl methyl sites for hydroxylation is 2. The molecule has 0 spiro atoms. The summed E-state index contributed by atoms with van der Waals surface area (Å²) in [7, 11) is -2.13. The van der Waals surface area contributed by atoms with Crippen molar-refractivity contribution in [1.82, 2.24) is 9.78 Å². The van der Waals surface area contributed by atoms with E-state index in [0.717, 1.165) is 10.0 Å². The highest BCUT2D eigenvalue weighted by Crippen LogP contribution is 2.23. The summed E-state index contributed by atoms with van der Waals surface area (Å²) in [4.78, 5) is -0.0346. The molecule has 1 aromatic carbocycles. The van der Waals surface area contributed by atoms with Crippen LogP contribution in [0, 0.1) is 6.92 Å². The van der Waals surface area contributed by atoms with Crippen LogP contribution in [0.5, 0.6) is 0 Å². The minimum Gasteiger partial charge on any atom is -0.381 e. The summed E-state index contributed by atoms with van der Waals surface area (Å²) in [6.07, 6.45) is 1.36. The van der Waals surface area contributed by atoms with E-state index in [4.69, 9.17) is 5.73 Å². The predicted molar refractivity (Wildman–Crippen MR) is 77.3 cm³/mol. The number of nitrogens with zero attached hydrogens (tertiary/aromatic N) is 2. The summed E-state index contributed by atoms with van der Waals surface area (Å²) in [5.74, 6) is -0.0262. The lowest BCUT2D eigenvalue weighted by Gasteiger charge is -2.08. The van der Waals surface area contributed by atoms with Gasteiger partial charge in [0.15, 0.2) is 5.82 Å². The number of sulfonamides is 1. The van der Waals surface area contributed by atoms with Crippen molar-refractivity contribution in [2.45, 2.75) is 11.8 Å². The number of anilines is 2. The lowest BCUT2D eigenvalue weighted by Crippen LogP contribution is -2.14. The molecule has 0 aliphatic rings. The Bertz CT molecular complexity index is 704. The van der Waals surface area contributed by atoms with E-state index in [1.165, 1.54) is 10.9 Å². The third-order valence-electron chi connectivity index (χ3n) is 2.41. The van der Waals surface area contributed by atoms with Crippen LogP contribution in [0.2, 0.25) is 0 Å². The van der Waals surface area contributed by atoms with Crippen LogP contribution in [0.4, 0.5) is 11.5 Å². The Morgan fingerprint density at radius 3 is 2.58 bits per heavy atom. The highest BCUT2D eigenvalue weighted by Gasteiger charge is 2.20. The predicted octanol–water partition coefficient (Wildman–Crippen LogP) is 1.87. The van der Waals surface area contributed by atoms with Crippen molar-refractivity contribution in [2.75, 3.05) is 10.5 Å². The molecule has 6 nitrogen and oxygen atoms in total. The number of nitrogens with one attached hydrogen (secondary N) is 1. The molecule has 0 aliphatic heterocycles. The van der Waals surface area contributed by atoms with Gasteiger partial charge in [-0.25, -0.2) is 8.42 Å². The molecule has 2 aromatic rings. The molecule has 8 heteroatoms. The number of aromatic nitrogens is 2. The minimum atomic E-state index is -3.74. The SMILES string of the molecule is Cc1cc(Br)cc(NS(=O)(=O)c2cn(C)nc2N)c1. The van der Waals surface area contributed by atoms with Gasteiger partial charge >= 0.3 is 0 Å². The zero-order valence-electron chi connectivity index (χ0n) is 10.4. The van der Waals surface area contributed by atoms with Gasteiger partial charge in [0.1, 0.15) is 4.90 Å². The van der Waals surface area contributed by atoms with Gasteiger partial charge in [-0.1, -0.05) is 15.9 Å². The number of rotatable bonds is 3. The van der Waals surface area contributed by atoms with E-state index in [0.29, 0.717) is 5.69 Å². The number of benzene rings is 1. The third kappa shape index (κ3) is 3.07. The molecule has 102 valence electrons. The van der Waals surface area contributed by atoms with Crippen LogP contribution in [0.15, 0.2) is 33.8 Å². The highest BCUT2D eigenvalue weighted by atomic mass is 79.9. The van der Waals surface area contributed by atoms with Gasteiger partial charge in [0.25, 0.3) is 10.0 Å². The van der Waals surface area contributed by atoms with Gasteiger partial charge in [0.05, 0.1) is 5.69 Å². The molecule has 0 fully saturated rings. The normalized spacial score (nSPS) is 11.5. The Morgan fingerprint density at radius 2 is 2.05 bits per heavy atom. The topological polar surface area (TPSA) is 90.0 Å². The Hall–Kier alpha value is -1.54. The van der Waals surface area contributed by atoms with Crippen LogP contribution < -0.4 is 10.5 Å². The molecule has 0 radical (unpaired) electrons. The van der Waals surface area contributed by atoms with Crippen molar-refractivity contribution < 1.29 is 8.42 Å². The van der Waals surface area contributed by atoms with Crippen molar-refractivity contribution in [1.29, 1.82) is 0 Å². The van der Waals surface area contributed by atoms with Crippen molar-refractivity contribution >= 4 is 37.5 Å². The summed E-state index contributed by atoms with van der Waals surface area (Å²) in [6, 6.07) is 5.29. The standard InChI is InChI=1S/C11H13BrN4O2S/c1-7-3-8(12)5-9(4-7)15-19(17,18)10-6-16(2)14-11(10)13/h3-6,15H,1-2H3,(H2,13,14). The van der Waals surface area contributed by atoms with E-state index < -0.39 is 10.0 Å². The van der Waals surface area contributed by atoms with Crippen LogP contribution in [0.1, 0.15) is 5.56 Å². The lowest BCUT2D eigenvalue weighted by atomic mass is 10.2. The summed E-state index contributed by atoms with van der Waals surface area (Å²) in [5, 5.41) is 3.82. The van der Waals surface area contributed by atoms with E-state index >= 15 is 0 Å². The molecule has 2 rings (SSSR count). The number of nitrogen functional groups attached to an aromatic ring is 1. The van der Waals surface area contributed by atoms with Gasteiger partial charge in [-0.3, -0.25) is 9.40 Å². The summed E-state index contributed by atoms with van der Waals surface area (Å²) < 4.78 is 29.0. The third-order valence-corrected chi connectivity index (χ3v) is 4.26. The van der Waals surface area contributed by atoms with Crippen molar-refractivity contribution in [3.63, 3.8) is 0 Å². The Labute approximate surface area is 119 Å². The fourth-order valence-electron chi connectivity index (χ4n) is 1.70. The molecular formula is C11H13BrN4O2S. The Morgan fingerprint density at radius 1 is 1.37 bits per heavy atom. The summed E-state index contributed by atoms with van der Waals surface area (Å²) in [5.41, 5.74) is 6.98. The summed E-state index contributed by atoms with van der Waals surface area (Å²) in [6.45, 7) is 1.88. The van der Waals surface area contributed by atoms with Crippen molar-refractivity contribution in [3.8, 4) is 0 Å². The maximum atomic E-state index is 12.2. The van der Waals surface area contributed by atoms with Crippen molar-refractivity contribution in [2.24, 2.45) is 7.05 Å². The first-order chi connectivity index (χ1) is 8.78. The Kier molecular flexibility index (Phi) is 3.55. The summed E-state index contributed by atoms with van der Waals surface area (Å²) >= 11 is 3.32. The van der Waals surface area contributed by atoms with E-state index in [1.54, 1.807) is 19.2 Å².